The van der Waals surface area contributed by atoms with Gasteiger partial charge in [0.2, 0.25) is 5.82 Å². The first-order valence-corrected chi connectivity index (χ1v) is 6.31. The maximum Gasteiger partial charge on any atom is 0.216 e. The summed E-state index contributed by atoms with van der Waals surface area (Å²) in [5.74, 6) is 0.224. The fourth-order valence-corrected chi connectivity index (χ4v) is 2.05. The van der Waals surface area contributed by atoms with Gasteiger partial charge in [-0.15, -0.1) is 10.2 Å². The van der Waals surface area contributed by atoms with Crippen molar-refractivity contribution < 1.29 is 0 Å². The third kappa shape index (κ3) is 2.52. The molecule has 0 spiro atoms. The Labute approximate surface area is 124 Å². The van der Waals surface area contributed by atoms with E-state index < -0.39 is 0 Å². The van der Waals surface area contributed by atoms with E-state index in [2.05, 4.69) is 30.9 Å². The maximum absolute atomic E-state index is 9.12. The minimum absolute atomic E-state index is 0.224. The minimum atomic E-state index is 0.224. The summed E-state index contributed by atoms with van der Waals surface area (Å²) in [6.45, 7) is 0. The van der Waals surface area contributed by atoms with Crippen LogP contribution >= 0.6 is 11.6 Å². The van der Waals surface area contributed by atoms with Crippen LogP contribution in [0.15, 0.2) is 36.7 Å². The zero-order valence-corrected chi connectivity index (χ0v) is 11.3. The number of allylic oxidation sites excluding steroid dienone is 1. The summed E-state index contributed by atoms with van der Waals surface area (Å²) < 4.78 is 0. The van der Waals surface area contributed by atoms with Crippen LogP contribution in [-0.2, 0) is 0 Å². The molecule has 7 nitrogen and oxygen atoms in total. The Hall–Kier alpha value is -2.98. The van der Waals surface area contributed by atoms with Crippen molar-refractivity contribution in [3.05, 3.63) is 47.5 Å². The Kier molecular flexibility index (Phi) is 3.45. The standard InChI is InChI=1S/C13H8ClN7/c14-10-3-4-11(9-2-1-5-16-12(9)10)17-7-8(6-15)13-18-20-21-19-13/h1-5,7,17H,(H,18,19,20,21). The van der Waals surface area contributed by atoms with Crippen LogP contribution in [0.3, 0.4) is 0 Å². The lowest BCUT2D eigenvalue weighted by Gasteiger charge is -2.07. The van der Waals surface area contributed by atoms with E-state index in [0.29, 0.717) is 10.5 Å². The highest BCUT2D eigenvalue weighted by atomic mass is 35.5. The molecule has 102 valence electrons. The number of halogens is 1. The van der Waals surface area contributed by atoms with Crippen LogP contribution in [-0.4, -0.2) is 25.6 Å². The van der Waals surface area contributed by atoms with Crippen LogP contribution in [0.5, 0.6) is 0 Å². The number of fused-ring (bicyclic) bond motifs is 1. The monoisotopic (exact) mass is 297 g/mol. The highest BCUT2D eigenvalue weighted by Crippen LogP contribution is 2.28. The van der Waals surface area contributed by atoms with Gasteiger partial charge in [-0.25, -0.2) is 0 Å². The highest BCUT2D eigenvalue weighted by molar-refractivity contribution is 6.35. The van der Waals surface area contributed by atoms with E-state index >= 15 is 0 Å². The molecule has 2 heterocycles. The Bertz CT molecular complexity index is 849. The van der Waals surface area contributed by atoms with Gasteiger partial charge in [-0.3, -0.25) is 4.98 Å². The molecule has 0 aliphatic rings. The number of pyridine rings is 1. The molecule has 8 heteroatoms. The third-order valence-corrected chi connectivity index (χ3v) is 3.10. The molecule has 0 fully saturated rings. The number of hydrogen-bond acceptors (Lipinski definition) is 6. The summed E-state index contributed by atoms with van der Waals surface area (Å²) >= 11 is 6.11. The molecular weight excluding hydrogens is 290 g/mol. The van der Waals surface area contributed by atoms with E-state index in [1.165, 1.54) is 6.20 Å². The number of rotatable bonds is 3. The molecule has 0 amide bonds. The molecule has 21 heavy (non-hydrogen) atoms. The first-order chi connectivity index (χ1) is 10.3. The summed E-state index contributed by atoms with van der Waals surface area (Å²) in [7, 11) is 0. The number of aromatic nitrogens is 5. The van der Waals surface area contributed by atoms with Crippen molar-refractivity contribution in [2.45, 2.75) is 0 Å². The zero-order chi connectivity index (χ0) is 14.7. The van der Waals surface area contributed by atoms with Crippen molar-refractivity contribution in [1.29, 1.82) is 5.26 Å². The fraction of sp³-hybridized carbons (Fsp3) is 0. The van der Waals surface area contributed by atoms with Gasteiger partial charge in [0.25, 0.3) is 0 Å². The van der Waals surface area contributed by atoms with Gasteiger partial charge in [0.15, 0.2) is 0 Å². The Morgan fingerprint density at radius 1 is 1.38 bits per heavy atom. The molecule has 2 N–H and O–H groups in total. The average molecular weight is 298 g/mol. The molecule has 0 unspecified atom stereocenters. The predicted molar refractivity (Wildman–Crippen MR) is 78.1 cm³/mol. The van der Waals surface area contributed by atoms with Crippen molar-refractivity contribution in [2.24, 2.45) is 0 Å². The molecule has 0 radical (unpaired) electrons. The first-order valence-electron chi connectivity index (χ1n) is 5.93. The van der Waals surface area contributed by atoms with E-state index in [1.807, 2.05) is 24.3 Å². The Morgan fingerprint density at radius 2 is 2.29 bits per heavy atom. The smallest absolute Gasteiger partial charge is 0.216 e. The molecule has 3 rings (SSSR count). The second-order valence-corrected chi connectivity index (χ2v) is 4.45. The Balaban J connectivity index is 1.99. The normalized spacial score (nSPS) is 11.3. The molecular formula is C13H8ClN7. The lowest BCUT2D eigenvalue weighted by atomic mass is 10.2. The number of nitrogens with one attached hydrogen (secondary N) is 2. The number of nitriles is 1. The van der Waals surface area contributed by atoms with E-state index in [9.17, 15) is 0 Å². The SMILES string of the molecule is N#CC(=CNc1ccc(Cl)c2ncccc12)c1nn[nH]n1. The summed E-state index contributed by atoms with van der Waals surface area (Å²) in [5.41, 5.74) is 1.73. The molecule has 1 aromatic carbocycles. The van der Waals surface area contributed by atoms with Gasteiger partial charge in [-0.2, -0.15) is 10.5 Å². The number of H-pyrrole nitrogens is 1. The van der Waals surface area contributed by atoms with Crippen molar-refractivity contribution in [1.82, 2.24) is 25.6 Å². The van der Waals surface area contributed by atoms with E-state index in [-0.39, 0.29) is 11.4 Å². The van der Waals surface area contributed by atoms with E-state index in [0.717, 1.165) is 11.1 Å². The van der Waals surface area contributed by atoms with Crippen LogP contribution in [0.4, 0.5) is 5.69 Å². The third-order valence-electron chi connectivity index (χ3n) is 2.80. The molecule has 0 bridgehead atoms. The molecule has 0 atom stereocenters. The lowest BCUT2D eigenvalue weighted by molar-refractivity contribution is 0.881. The maximum atomic E-state index is 9.12. The van der Waals surface area contributed by atoms with Gasteiger partial charge < -0.3 is 5.32 Å². The zero-order valence-electron chi connectivity index (χ0n) is 10.6. The predicted octanol–water partition coefficient (Wildman–Crippen LogP) is 2.38. The second kappa shape index (κ2) is 5.56. The van der Waals surface area contributed by atoms with Crippen molar-refractivity contribution in [3.8, 4) is 6.07 Å². The Morgan fingerprint density at radius 3 is 3.05 bits per heavy atom. The number of tetrazole rings is 1. The fourth-order valence-electron chi connectivity index (χ4n) is 1.84. The van der Waals surface area contributed by atoms with Crippen molar-refractivity contribution in [2.75, 3.05) is 5.32 Å². The number of nitrogens with zero attached hydrogens (tertiary/aromatic N) is 5. The summed E-state index contributed by atoms with van der Waals surface area (Å²) in [5, 5.41) is 26.8. The van der Waals surface area contributed by atoms with Crippen LogP contribution in [0.1, 0.15) is 5.82 Å². The van der Waals surface area contributed by atoms with Crippen molar-refractivity contribution >= 4 is 33.8 Å². The molecule has 2 aromatic heterocycles. The largest absolute Gasteiger partial charge is 0.360 e. The number of aromatic amines is 1. The van der Waals surface area contributed by atoms with Gasteiger partial charge in [0, 0.05) is 23.5 Å². The number of hydrogen-bond donors (Lipinski definition) is 2. The molecule has 0 saturated carbocycles. The van der Waals surface area contributed by atoms with Crippen LogP contribution in [0, 0.1) is 11.3 Å². The van der Waals surface area contributed by atoms with Gasteiger partial charge in [-0.05, 0) is 29.5 Å². The van der Waals surface area contributed by atoms with Gasteiger partial charge in [0.1, 0.15) is 11.6 Å². The molecule has 0 aliphatic heterocycles. The van der Waals surface area contributed by atoms with E-state index in [4.69, 9.17) is 16.9 Å². The summed E-state index contributed by atoms with van der Waals surface area (Å²) in [4.78, 5) is 4.24. The first kappa shape index (κ1) is 13.0. The lowest BCUT2D eigenvalue weighted by Crippen LogP contribution is -1.94. The highest BCUT2D eigenvalue weighted by Gasteiger charge is 2.07. The average Bonchev–Trinajstić information content (AvgIpc) is 3.04. The van der Waals surface area contributed by atoms with Crippen LogP contribution < -0.4 is 5.32 Å². The number of anilines is 1. The molecule has 0 saturated heterocycles. The summed E-state index contributed by atoms with van der Waals surface area (Å²) in [6.07, 6.45) is 3.19. The van der Waals surface area contributed by atoms with Gasteiger partial charge in [0.05, 0.1) is 10.5 Å². The van der Waals surface area contributed by atoms with E-state index in [1.54, 1.807) is 12.3 Å². The number of benzene rings is 1. The molecule has 3 aromatic rings. The summed E-state index contributed by atoms with van der Waals surface area (Å²) in [6, 6.07) is 9.27. The molecule has 0 aliphatic carbocycles. The topological polar surface area (TPSA) is 103 Å². The van der Waals surface area contributed by atoms with Crippen LogP contribution in [0.25, 0.3) is 16.5 Å². The minimum Gasteiger partial charge on any atom is -0.360 e. The second-order valence-electron chi connectivity index (χ2n) is 4.04. The van der Waals surface area contributed by atoms with Crippen LogP contribution in [0.2, 0.25) is 5.02 Å². The van der Waals surface area contributed by atoms with Gasteiger partial charge in [-0.1, -0.05) is 11.6 Å². The quantitative estimate of drug-likeness (QED) is 0.719. The van der Waals surface area contributed by atoms with Crippen molar-refractivity contribution in [3.63, 3.8) is 0 Å². The van der Waals surface area contributed by atoms with Gasteiger partial charge >= 0.3 is 0 Å².